The normalized spacial score (nSPS) is 27.3. The van der Waals surface area contributed by atoms with Gasteiger partial charge >= 0.3 is 5.97 Å². The SMILES string of the molecule is Cc1c([C@@H](O)CN2[C@@H]3CC[C@H]2CNC3)ccc2c1COC2=O.Cl. The van der Waals surface area contributed by atoms with Crippen LogP contribution in [0.15, 0.2) is 12.1 Å². The van der Waals surface area contributed by atoms with Crippen molar-refractivity contribution < 1.29 is 14.6 Å². The Morgan fingerprint density at radius 1 is 1.35 bits per heavy atom. The van der Waals surface area contributed by atoms with Gasteiger partial charge in [0.05, 0.1) is 11.7 Å². The summed E-state index contributed by atoms with van der Waals surface area (Å²) in [5, 5.41) is 14.2. The van der Waals surface area contributed by atoms with E-state index in [4.69, 9.17) is 4.74 Å². The van der Waals surface area contributed by atoms with Gasteiger partial charge in [0.15, 0.2) is 0 Å². The molecule has 3 heterocycles. The van der Waals surface area contributed by atoms with Crippen molar-refractivity contribution in [3.05, 3.63) is 34.4 Å². The number of hydrogen-bond donors (Lipinski definition) is 2. The van der Waals surface area contributed by atoms with Gasteiger partial charge in [-0.25, -0.2) is 4.79 Å². The third-order valence-electron chi connectivity index (χ3n) is 5.48. The lowest BCUT2D eigenvalue weighted by Crippen LogP contribution is -2.52. The molecular formula is C17H23ClN2O3. The second kappa shape index (κ2) is 6.40. The predicted molar refractivity (Wildman–Crippen MR) is 88.9 cm³/mol. The van der Waals surface area contributed by atoms with Gasteiger partial charge in [-0.3, -0.25) is 4.90 Å². The van der Waals surface area contributed by atoms with Crippen molar-refractivity contribution in [1.29, 1.82) is 0 Å². The van der Waals surface area contributed by atoms with Crippen molar-refractivity contribution in [3.63, 3.8) is 0 Å². The molecule has 2 fully saturated rings. The van der Waals surface area contributed by atoms with Gasteiger partial charge in [0.2, 0.25) is 0 Å². The van der Waals surface area contributed by atoms with Crippen LogP contribution in [0.25, 0.3) is 0 Å². The van der Waals surface area contributed by atoms with Crippen LogP contribution in [0, 0.1) is 6.92 Å². The van der Waals surface area contributed by atoms with E-state index in [1.54, 1.807) is 6.07 Å². The fraction of sp³-hybridized carbons (Fsp3) is 0.588. The van der Waals surface area contributed by atoms with Gasteiger partial charge in [-0.05, 0) is 37.0 Å². The van der Waals surface area contributed by atoms with E-state index in [0.717, 1.165) is 29.8 Å². The van der Waals surface area contributed by atoms with E-state index in [2.05, 4.69) is 10.2 Å². The smallest absolute Gasteiger partial charge is 0.338 e. The third-order valence-corrected chi connectivity index (χ3v) is 5.48. The summed E-state index contributed by atoms with van der Waals surface area (Å²) in [6, 6.07) is 4.78. The molecule has 1 aromatic rings. The van der Waals surface area contributed by atoms with Gasteiger partial charge in [-0.2, -0.15) is 0 Å². The summed E-state index contributed by atoms with van der Waals surface area (Å²) in [6.45, 7) is 5.03. The Morgan fingerprint density at radius 2 is 2.04 bits per heavy atom. The van der Waals surface area contributed by atoms with Crippen molar-refractivity contribution in [3.8, 4) is 0 Å². The zero-order valence-corrected chi connectivity index (χ0v) is 14.1. The molecule has 5 nitrogen and oxygen atoms in total. The predicted octanol–water partition coefficient (Wildman–Crippen LogP) is 1.56. The standard InChI is InChI=1S/C17H22N2O3.ClH/c1-10-13(4-5-14-15(10)9-22-17(14)21)16(20)8-19-11-2-3-12(19)7-18-6-11;/h4-5,11-12,16,18,20H,2-3,6-9H2,1H3;1H/t11-,12+,16-;/m0./s1. The van der Waals surface area contributed by atoms with Crippen LogP contribution in [0.5, 0.6) is 0 Å². The van der Waals surface area contributed by atoms with Crippen LogP contribution >= 0.6 is 12.4 Å². The van der Waals surface area contributed by atoms with Crippen molar-refractivity contribution >= 4 is 18.4 Å². The summed E-state index contributed by atoms with van der Waals surface area (Å²) < 4.78 is 5.09. The molecule has 0 aromatic heterocycles. The molecule has 2 saturated heterocycles. The summed E-state index contributed by atoms with van der Waals surface area (Å²) in [5.74, 6) is -0.251. The molecule has 0 unspecified atom stereocenters. The van der Waals surface area contributed by atoms with E-state index >= 15 is 0 Å². The summed E-state index contributed by atoms with van der Waals surface area (Å²) in [7, 11) is 0. The molecule has 4 rings (SSSR count). The average Bonchev–Trinajstić information content (AvgIpc) is 2.96. The van der Waals surface area contributed by atoms with Gasteiger partial charge in [-0.1, -0.05) is 6.07 Å². The number of nitrogens with zero attached hydrogens (tertiary/aromatic N) is 1. The third kappa shape index (κ3) is 2.76. The number of aliphatic hydroxyl groups excluding tert-OH is 1. The number of aliphatic hydroxyl groups is 1. The number of carbonyl (C=O) groups is 1. The van der Waals surface area contributed by atoms with Crippen LogP contribution in [-0.4, -0.2) is 47.7 Å². The Balaban J connectivity index is 0.00000156. The van der Waals surface area contributed by atoms with Crippen LogP contribution in [0.2, 0.25) is 0 Å². The maximum absolute atomic E-state index is 11.6. The van der Waals surface area contributed by atoms with E-state index in [9.17, 15) is 9.90 Å². The number of fused-ring (bicyclic) bond motifs is 3. The van der Waals surface area contributed by atoms with E-state index in [1.807, 2.05) is 13.0 Å². The van der Waals surface area contributed by atoms with Gasteiger partial charge in [0.1, 0.15) is 6.61 Å². The number of carbonyl (C=O) groups excluding carboxylic acids is 1. The molecule has 0 saturated carbocycles. The molecule has 0 amide bonds. The molecule has 2 bridgehead atoms. The molecule has 6 heteroatoms. The van der Waals surface area contributed by atoms with Crippen molar-refractivity contribution in [2.24, 2.45) is 0 Å². The molecule has 3 aliphatic heterocycles. The quantitative estimate of drug-likeness (QED) is 0.819. The first-order valence-electron chi connectivity index (χ1n) is 8.09. The van der Waals surface area contributed by atoms with Crippen LogP contribution in [0.1, 0.15) is 46.0 Å². The van der Waals surface area contributed by atoms with Gasteiger partial charge < -0.3 is 15.2 Å². The largest absolute Gasteiger partial charge is 0.457 e. The molecule has 0 radical (unpaired) electrons. The fourth-order valence-corrected chi connectivity index (χ4v) is 4.19. The number of piperazine rings is 1. The zero-order chi connectivity index (χ0) is 15.3. The second-order valence-corrected chi connectivity index (χ2v) is 6.64. The molecule has 23 heavy (non-hydrogen) atoms. The van der Waals surface area contributed by atoms with E-state index in [1.165, 1.54) is 12.8 Å². The fourth-order valence-electron chi connectivity index (χ4n) is 4.19. The highest BCUT2D eigenvalue weighted by Crippen LogP contribution is 2.32. The van der Waals surface area contributed by atoms with Crippen molar-refractivity contribution in [2.45, 2.75) is 44.6 Å². The van der Waals surface area contributed by atoms with Crippen LogP contribution in [-0.2, 0) is 11.3 Å². The Hall–Kier alpha value is -1.14. The van der Waals surface area contributed by atoms with Crippen molar-refractivity contribution in [2.75, 3.05) is 19.6 Å². The highest BCUT2D eigenvalue weighted by molar-refractivity contribution is 5.93. The van der Waals surface area contributed by atoms with Crippen LogP contribution in [0.3, 0.4) is 0 Å². The lowest BCUT2D eigenvalue weighted by molar-refractivity contribution is 0.0535. The number of hydrogen-bond acceptors (Lipinski definition) is 5. The first-order valence-corrected chi connectivity index (χ1v) is 8.09. The monoisotopic (exact) mass is 338 g/mol. The molecule has 2 N–H and O–H groups in total. The Morgan fingerprint density at radius 3 is 2.74 bits per heavy atom. The first kappa shape index (κ1) is 16.7. The number of ether oxygens (including phenoxy) is 1. The summed E-state index contributed by atoms with van der Waals surface area (Å²) in [5.41, 5.74) is 3.51. The molecular weight excluding hydrogens is 316 g/mol. The van der Waals surface area contributed by atoms with Gasteiger partial charge in [0, 0.05) is 37.3 Å². The van der Waals surface area contributed by atoms with E-state index < -0.39 is 6.10 Å². The number of esters is 1. The zero-order valence-electron chi connectivity index (χ0n) is 13.2. The van der Waals surface area contributed by atoms with E-state index in [-0.39, 0.29) is 18.4 Å². The first-order chi connectivity index (χ1) is 10.6. The molecule has 3 aliphatic rings. The lowest BCUT2D eigenvalue weighted by Gasteiger charge is -2.36. The van der Waals surface area contributed by atoms with Crippen molar-refractivity contribution in [1.82, 2.24) is 10.2 Å². The summed E-state index contributed by atoms with van der Waals surface area (Å²) >= 11 is 0. The maximum atomic E-state index is 11.6. The summed E-state index contributed by atoms with van der Waals surface area (Å²) in [4.78, 5) is 14.1. The topological polar surface area (TPSA) is 61.8 Å². The molecule has 3 atom stereocenters. The van der Waals surface area contributed by atoms with Gasteiger partial charge in [0.25, 0.3) is 0 Å². The molecule has 0 spiro atoms. The number of halogens is 1. The number of nitrogens with one attached hydrogen (secondary N) is 1. The number of rotatable bonds is 3. The highest BCUT2D eigenvalue weighted by Gasteiger charge is 2.37. The minimum Gasteiger partial charge on any atom is -0.457 e. The average molecular weight is 339 g/mol. The highest BCUT2D eigenvalue weighted by atomic mass is 35.5. The van der Waals surface area contributed by atoms with Crippen LogP contribution < -0.4 is 5.32 Å². The Labute approximate surface area is 142 Å². The Bertz CT molecular complexity index is 606. The molecule has 1 aromatic carbocycles. The minimum atomic E-state index is -0.512. The lowest BCUT2D eigenvalue weighted by atomic mass is 9.95. The number of cyclic esters (lactones) is 1. The Kier molecular flexibility index (Phi) is 4.65. The maximum Gasteiger partial charge on any atom is 0.338 e. The number of benzene rings is 1. The molecule has 0 aliphatic carbocycles. The second-order valence-electron chi connectivity index (χ2n) is 6.64. The van der Waals surface area contributed by atoms with Gasteiger partial charge in [-0.15, -0.1) is 12.4 Å². The molecule has 126 valence electrons. The van der Waals surface area contributed by atoms with E-state index in [0.29, 0.717) is 30.8 Å². The van der Waals surface area contributed by atoms with Crippen LogP contribution in [0.4, 0.5) is 0 Å². The minimum absolute atomic E-state index is 0. The summed E-state index contributed by atoms with van der Waals surface area (Å²) in [6.07, 6.45) is 1.92.